The smallest absolute Gasteiger partial charge is 0.239 e. The minimum Gasteiger partial charge on any atom is -0.347 e. The molecule has 0 radical (unpaired) electrons. The second-order valence-corrected chi connectivity index (χ2v) is 4.11. The molecule has 0 spiro atoms. The van der Waals surface area contributed by atoms with E-state index >= 15 is 0 Å². The van der Waals surface area contributed by atoms with Crippen LogP contribution in [0.3, 0.4) is 0 Å². The van der Waals surface area contributed by atoms with E-state index < -0.39 is 6.04 Å². The van der Waals surface area contributed by atoms with E-state index in [1.807, 2.05) is 18.2 Å². The molecule has 0 aliphatic rings. The molecule has 0 aliphatic heterocycles. The predicted octanol–water partition coefficient (Wildman–Crippen LogP) is 1.30. The molecule has 4 heteroatoms. The van der Waals surface area contributed by atoms with E-state index in [4.69, 9.17) is 17.3 Å². The van der Waals surface area contributed by atoms with Crippen molar-refractivity contribution in [2.75, 3.05) is 14.1 Å². The fourth-order valence-corrected chi connectivity index (χ4v) is 1.55. The number of carbonyl (C=O) groups is 1. The van der Waals surface area contributed by atoms with Crippen molar-refractivity contribution in [3.05, 3.63) is 34.9 Å². The highest BCUT2D eigenvalue weighted by molar-refractivity contribution is 6.30. The first-order valence-electron chi connectivity index (χ1n) is 4.72. The van der Waals surface area contributed by atoms with Gasteiger partial charge in [-0.05, 0) is 24.1 Å². The van der Waals surface area contributed by atoms with Crippen molar-refractivity contribution in [3.8, 4) is 0 Å². The van der Waals surface area contributed by atoms with Crippen LogP contribution in [0.25, 0.3) is 0 Å². The van der Waals surface area contributed by atoms with Crippen molar-refractivity contribution in [2.45, 2.75) is 12.5 Å². The van der Waals surface area contributed by atoms with Gasteiger partial charge in [0.1, 0.15) is 0 Å². The number of carbonyl (C=O) groups excluding carboxylic acids is 1. The van der Waals surface area contributed by atoms with Gasteiger partial charge in [-0.1, -0.05) is 23.7 Å². The Hall–Kier alpha value is -1.06. The SMILES string of the molecule is CN(C)C(=O)C(N)Cc1cccc(Cl)c1. The third-order valence-electron chi connectivity index (χ3n) is 2.10. The van der Waals surface area contributed by atoms with Crippen LogP contribution >= 0.6 is 11.6 Å². The lowest BCUT2D eigenvalue weighted by Gasteiger charge is -2.16. The third kappa shape index (κ3) is 3.53. The average molecular weight is 227 g/mol. The van der Waals surface area contributed by atoms with Gasteiger partial charge in [-0.15, -0.1) is 0 Å². The first-order valence-corrected chi connectivity index (χ1v) is 5.09. The van der Waals surface area contributed by atoms with Gasteiger partial charge >= 0.3 is 0 Å². The molecule has 0 bridgehead atoms. The number of nitrogens with two attached hydrogens (primary N) is 1. The number of benzene rings is 1. The summed E-state index contributed by atoms with van der Waals surface area (Å²) in [4.78, 5) is 13.0. The molecule has 1 unspecified atom stereocenters. The zero-order valence-corrected chi connectivity index (χ0v) is 9.66. The van der Waals surface area contributed by atoms with Crippen LogP contribution in [0, 0.1) is 0 Å². The van der Waals surface area contributed by atoms with E-state index in [1.165, 1.54) is 4.90 Å². The first kappa shape index (κ1) is 12.0. The average Bonchev–Trinajstić information content (AvgIpc) is 2.16. The van der Waals surface area contributed by atoms with E-state index in [9.17, 15) is 4.79 Å². The van der Waals surface area contributed by atoms with E-state index in [2.05, 4.69) is 0 Å². The Labute approximate surface area is 94.8 Å². The number of halogens is 1. The molecule has 82 valence electrons. The van der Waals surface area contributed by atoms with Gasteiger partial charge in [0.15, 0.2) is 0 Å². The van der Waals surface area contributed by atoms with Crippen molar-refractivity contribution >= 4 is 17.5 Å². The van der Waals surface area contributed by atoms with E-state index in [0.717, 1.165) is 5.56 Å². The standard InChI is InChI=1S/C11H15ClN2O/c1-14(2)11(15)10(13)7-8-4-3-5-9(12)6-8/h3-6,10H,7,13H2,1-2H3. The summed E-state index contributed by atoms with van der Waals surface area (Å²) in [7, 11) is 3.39. The van der Waals surface area contributed by atoms with Crippen LogP contribution in [0.2, 0.25) is 5.02 Å². The maximum absolute atomic E-state index is 11.5. The van der Waals surface area contributed by atoms with E-state index in [1.54, 1.807) is 20.2 Å². The summed E-state index contributed by atoms with van der Waals surface area (Å²) in [6.45, 7) is 0. The summed E-state index contributed by atoms with van der Waals surface area (Å²) in [6.07, 6.45) is 0.511. The molecule has 1 atom stereocenters. The van der Waals surface area contributed by atoms with Crippen LogP contribution in [0.5, 0.6) is 0 Å². The minimum atomic E-state index is -0.501. The van der Waals surface area contributed by atoms with Crippen LogP contribution in [-0.2, 0) is 11.2 Å². The van der Waals surface area contributed by atoms with Crippen molar-refractivity contribution < 1.29 is 4.79 Å². The minimum absolute atomic E-state index is 0.0741. The van der Waals surface area contributed by atoms with Crippen LogP contribution < -0.4 is 5.73 Å². The van der Waals surface area contributed by atoms with Crippen molar-refractivity contribution in [1.82, 2.24) is 4.90 Å². The Kier molecular flexibility index (Phi) is 4.12. The second-order valence-electron chi connectivity index (χ2n) is 3.67. The zero-order valence-electron chi connectivity index (χ0n) is 8.90. The summed E-state index contributed by atoms with van der Waals surface area (Å²) in [5.41, 5.74) is 6.74. The Balaban J connectivity index is 2.66. The molecule has 0 aliphatic carbocycles. The highest BCUT2D eigenvalue weighted by atomic mass is 35.5. The van der Waals surface area contributed by atoms with Crippen LogP contribution in [0.4, 0.5) is 0 Å². The lowest BCUT2D eigenvalue weighted by atomic mass is 10.1. The third-order valence-corrected chi connectivity index (χ3v) is 2.34. The number of hydrogen-bond acceptors (Lipinski definition) is 2. The molecule has 0 saturated heterocycles. The molecule has 1 rings (SSSR count). The molecule has 1 amide bonds. The molecular weight excluding hydrogens is 212 g/mol. The summed E-state index contributed by atoms with van der Waals surface area (Å²) < 4.78 is 0. The van der Waals surface area contributed by atoms with Gasteiger partial charge in [0.05, 0.1) is 6.04 Å². The molecule has 15 heavy (non-hydrogen) atoms. The van der Waals surface area contributed by atoms with E-state index in [-0.39, 0.29) is 5.91 Å². The molecule has 0 fully saturated rings. The van der Waals surface area contributed by atoms with Crippen molar-refractivity contribution in [3.63, 3.8) is 0 Å². The van der Waals surface area contributed by atoms with Gasteiger partial charge in [0.2, 0.25) is 5.91 Å². The second kappa shape index (κ2) is 5.14. The number of rotatable bonds is 3. The largest absolute Gasteiger partial charge is 0.347 e. The summed E-state index contributed by atoms with van der Waals surface area (Å²) in [6, 6.07) is 6.88. The number of amides is 1. The van der Waals surface area contributed by atoms with Gasteiger partial charge < -0.3 is 10.6 Å². The van der Waals surface area contributed by atoms with Gasteiger partial charge in [0.25, 0.3) is 0 Å². The fourth-order valence-electron chi connectivity index (χ4n) is 1.34. The van der Waals surface area contributed by atoms with Crippen molar-refractivity contribution in [2.24, 2.45) is 5.73 Å². The van der Waals surface area contributed by atoms with Gasteiger partial charge in [0, 0.05) is 19.1 Å². The molecular formula is C11H15ClN2O. The summed E-state index contributed by atoms with van der Waals surface area (Å²) in [5, 5.41) is 0.664. The lowest BCUT2D eigenvalue weighted by molar-refractivity contribution is -0.130. The lowest BCUT2D eigenvalue weighted by Crippen LogP contribution is -2.41. The first-order chi connectivity index (χ1) is 7.00. The Morgan fingerprint density at radius 1 is 1.53 bits per heavy atom. The van der Waals surface area contributed by atoms with Gasteiger partial charge in [-0.2, -0.15) is 0 Å². The molecule has 3 nitrogen and oxygen atoms in total. The van der Waals surface area contributed by atoms with Gasteiger partial charge in [-0.25, -0.2) is 0 Å². The maximum atomic E-state index is 11.5. The van der Waals surface area contributed by atoms with E-state index in [0.29, 0.717) is 11.4 Å². The predicted molar refractivity (Wildman–Crippen MR) is 61.8 cm³/mol. The molecule has 0 saturated carbocycles. The van der Waals surface area contributed by atoms with Crippen LogP contribution in [-0.4, -0.2) is 30.9 Å². The normalized spacial score (nSPS) is 12.3. The highest BCUT2D eigenvalue weighted by Crippen LogP contribution is 2.12. The topological polar surface area (TPSA) is 46.3 Å². The van der Waals surface area contributed by atoms with Crippen LogP contribution in [0.15, 0.2) is 24.3 Å². The van der Waals surface area contributed by atoms with Crippen molar-refractivity contribution in [1.29, 1.82) is 0 Å². The number of likely N-dealkylation sites (N-methyl/N-ethyl adjacent to an activating group) is 1. The molecule has 0 heterocycles. The molecule has 2 N–H and O–H groups in total. The Morgan fingerprint density at radius 3 is 2.73 bits per heavy atom. The number of hydrogen-bond donors (Lipinski definition) is 1. The Morgan fingerprint density at radius 2 is 2.20 bits per heavy atom. The molecule has 1 aromatic rings. The number of nitrogens with zero attached hydrogens (tertiary/aromatic N) is 1. The molecule has 1 aromatic carbocycles. The summed E-state index contributed by atoms with van der Waals surface area (Å²) >= 11 is 5.83. The summed E-state index contributed by atoms with van der Waals surface area (Å²) in [5.74, 6) is -0.0741. The quantitative estimate of drug-likeness (QED) is 0.845. The monoisotopic (exact) mass is 226 g/mol. The maximum Gasteiger partial charge on any atom is 0.239 e. The highest BCUT2D eigenvalue weighted by Gasteiger charge is 2.15. The molecule has 0 aromatic heterocycles. The zero-order chi connectivity index (χ0) is 11.4. The fraction of sp³-hybridized carbons (Fsp3) is 0.364. The van der Waals surface area contributed by atoms with Crippen LogP contribution in [0.1, 0.15) is 5.56 Å². The Bertz CT molecular complexity index is 352. The van der Waals surface area contributed by atoms with Gasteiger partial charge in [-0.3, -0.25) is 4.79 Å².